The third kappa shape index (κ3) is 6.46. The molecule has 0 aromatic heterocycles. The first-order valence-electron chi connectivity index (χ1n) is 7.43. The second kappa shape index (κ2) is 9.06. The number of nitrogens with zero attached hydrogens (tertiary/aromatic N) is 1. The fourth-order valence-electron chi connectivity index (χ4n) is 2.23. The van der Waals surface area contributed by atoms with Crippen LogP contribution in [0.5, 0.6) is 0 Å². The maximum Gasteiger partial charge on any atom is 0.123 e. The van der Waals surface area contributed by atoms with Crippen molar-refractivity contribution < 1.29 is 9.50 Å². The minimum absolute atomic E-state index is 0.205. The molecule has 0 bridgehead atoms. The smallest absolute Gasteiger partial charge is 0.123 e. The standard InChI is InChI=1S/C16H27FN2O/c1-4-19(5-2)12-16(20)11-18-13(3)10-14-6-8-15(17)9-7-14/h6-9,13,16,18,20H,4-5,10-12H2,1-3H3. The molecule has 0 radical (unpaired) electrons. The van der Waals surface area contributed by atoms with Crippen molar-refractivity contribution in [3.8, 4) is 0 Å². The molecule has 0 fully saturated rings. The van der Waals surface area contributed by atoms with Crippen molar-refractivity contribution in [2.75, 3.05) is 26.2 Å². The molecule has 2 atom stereocenters. The van der Waals surface area contributed by atoms with E-state index >= 15 is 0 Å². The molecule has 20 heavy (non-hydrogen) atoms. The van der Waals surface area contributed by atoms with Crippen LogP contribution in [0.4, 0.5) is 4.39 Å². The van der Waals surface area contributed by atoms with Gasteiger partial charge in [0.1, 0.15) is 5.82 Å². The molecule has 2 unspecified atom stereocenters. The summed E-state index contributed by atoms with van der Waals surface area (Å²) in [5.74, 6) is -0.205. The van der Waals surface area contributed by atoms with Gasteiger partial charge in [-0.3, -0.25) is 0 Å². The largest absolute Gasteiger partial charge is 0.390 e. The number of benzene rings is 1. The van der Waals surface area contributed by atoms with Crippen LogP contribution in [-0.2, 0) is 6.42 Å². The summed E-state index contributed by atoms with van der Waals surface area (Å²) in [5.41, 5.74) is 1.10. The van der Waals surface area contributed by atoms with Gasteiger partial charge >= 0.3 is 0 Å². The van der Waals surface area contributed by atoms with Crippen LogP contribution in [0.15, 0.2) is 24.3 Å². The molecule has 0 heterocycles. The molecule has 0 aliphatic rings. The third-order valence-electron chi connectivity index (χ3n) is 3.52. The summed E-state index contributed by atoms with van der Waals surface area (Å²) in [6, 6.07) is 6.83. The molecule has 0 spiro atoms. The van der Waals surface area contributed by atoms with E-state index in [4.69, 9.17) is 0 Å². The van der Waals surface area contributed by atoms with Gasteiger partial charge in [0.2, 0.25) is 0 Å². The molecule has 1 aromatic rings. The normalized spacial score (nSPS) is 14.5. The molecule has 1 rings (SSSR count). The Morgan fingerprint density at radius 3 is 2.35 bits per heavy atom. The Bertz CT molecular complexity index is 365. The number of rotatable bonds is 9. The highest BCUT2D eigenvalue weighted by atomic mass is 19.1. The molecule has 4 heteroatoms. The van der Waals surface area contributed by atoms with Gasteiger partial charge in [0.05, 0.1) is 6.10 Å². The number of nitrogens with one attached hydrogen (secondary N) is 1. The molecule has 0 saturated carbocycles. The minimum atomic E-state index is -0.356. The lowest BCUT2D eigenvalue weighted by atomic mass is 10.1. The minimum Gasteiger partial charge on any atom is -0.390 e. The van der Waals surface area contributed by atoms with Gasteiger partial charge < -0.3 is 15.3 Å². The molecule has 0 saturated heterocycles. The first kappa shape index (κ1) is 17.1. The van der Waals surface area contributed by atoms with Crippen molar-refractivity contribution in [2.45, 2.75) is 39.3 Å². The van der Waals surface area contributed by atoms with E-state index in [-0.39, 0.29) is 18.0 Å². The zero-order valence-electron chi connectivity index (χ0n) is 12.8. The number of hydrogen-bond donors (Lipinski definition) is 2. The van der Waals surface area contributed by atoms with Gasteiger partial charge in [-0.05, 0) is 44.1 Å². The van der Waals surface area contributed by atoms with Crippen LogP contribution in [0, 0.1) is 5.82 Å². The molecular formula is C16H27FN2O. The van der Waals surface area contributed by atoms with Gasteiger partial charge in [0.15, 0.2) is 0 Å². The van der Waals surface area contributed by atoms with E-state index in [1.807, 2.05) is 0 Å². The molecular weight excluding hydrogens is 255 g/mol. The summed E-state index contributed by atoms with van der Waals surface area (Å²) < 4.78 is 12.8. The van der Waals surface area contributed by atoms with Crippen molar-refractivity contribution in [3.05, 3.63) is 35.6 Å². The molecule has 0 aliphatic heterocycles. The highest BCUT2D eigenvalue weighted by molar-refractivity contribution is 5.16. The second-order valence-corrected chi connectivity index (χ2v) is 5.28. The zero-order chi connectivity index (χ0) is 15.0. The van der Waals surface area contributed by atoms with Gasteiger partial charge in [-0.15, -0.1) is 0 Å². The lowest BCUT2D eigenvalue weighted by Gasteiger charge is -2.23. The first-order chi connectivity index (χ1) is 9.55. The molecule has 114 valence electrons. The number of halogens is 1. The Kier molecular flexibility index (Phi) is 7.73. The first-order valence-corrected chi connectivity index (χ1v) is 7.43. The van der Waals surface area contributed by atoms with Gasteiger partial charge in [0.25, 0.3) is 0 Å². The van der Waals surface area contributed by atoms with Crippen LogP contribution >= 0.6 is 0 Å². The van der Waals surface area contributed by atoms with Crippen LogP contribution in [0.1, 0.15) is 26.3 Å². The average molecular weight is 282 g/mol. The molecule has 0 amide bonds. The van der Waals surface area contributed by atoms with E-state index in [9.17, 15) is 9.50 Å². The third-order valence-corrected chi connectivity index (χ3v) is 3.52. The summed E-state index contributed by atoms with van der Waals surface area (Å²) in [6.07, 6.45) is 0.476. The van der Waals surface area contributed by atoms with E-state index in [0.717, 1.165) is 25.1 Å². The van der Waals surface area contributed by atoms with Crippen LogP contribution in [-0.4, -0.2) is 48.3 Å². The van der Waals surface area contributed by atoms with Crippen LogP contribution in [0.3, 0.4) is 0 Å². The van der Waals surface area contributed by atoms with Crippen molar-refractivity contribution in [2.24, 2.45) is 0 Å². The molecule has 3 nitrogen and oxygen atoms in total. The molecule has 1 aromatic carbocycles. The summed E-state index contributed by atoms with van der Waals surface area (Å²) >= 11 is 0. The Balaban J connectivity index is 2.28. The summed E-state index contributed by atoms with van der Waals surface area (Å²) in [7, 11) is 0. The molecule has 2 N–H and O–H groups in total. The van der Waals surface area contributed by atoms with Gasteiger partial charge in [0, 0.05) is 19.1 Å². The number of aliphatic hydroxyl groups excluding tert-OH is 1. The fraction of sp³-hybridized carbons (Fsp3) is 0.625. The lowest BCUT2D eigenvalue weighted by Crippen LogP contribution is -2.41. The average Bonchev–Trinajstić information content (AvgIpc) is 2.45. The SMILES string of the molecule is CCN(CC)CC(O)CNC(C)Cc1ccc(F)cc1. The van der Waals surface area contributed by atoms with Crippen molar-refractivity contribution >= 4 is 0 Å². The van der Waals surface area contributed by atoms with Gasteiger partial charge in [-0.1, -0.05) is 26.0 Å². The van der Waals surface area contributed by atoms with Crippen LogP contribution in [0.2, 0.25) is 0 Å². The summed E-state index contributed by atoms with van der Waals surface area (Å²) in [6.45, 7) is 9.47. The fourth-order valence-corrected chi connectivity index (χ4v) is 2.23. The van der Waals surface area contributed by atoms with Crippen LogP contribution < -0.4 is 5.32 Å². The summed E-state index contributed by atoms with van der Waals surface area (Å²) in [4.78, 5) is 2.21. The topological polar surface area (TPSA) is 35.5 Å². The molecule has 0 aliphatic carbocycles. The number of hydrogen-bond acceptors (Lipinski definition) is 3. The quantitative estimate of drug-likeness (QED) is 0.727. The van der Waals surface area contributed by atoms with Crippen molar-refractivity contribution in [1.29, 1.82) is 0 Å². The van der Waals surface area contributed by atoms with E-state index in [2.05, 4.69) is 31.0 Å². The van der Waals surface area contributed by atoms with Crippen molar-refractivity contribution in [3.63, 3.8) is 0 Å². The van der Waals surface area contributed by atoms with Crippen LogP contribution in [0.25, 0.3) is 0 Å². The Morgan fingerprint density at radius 2 is 1.80 bits per heavy atom. The lowest BCUT2D eigenvalue weighted by molar-refractivity contribution is 0.114. The maximum atomic E-state index is 12.8. The second-order valence-electron chi connectivity index (χ2n) is 5.28. The van der Waals surface area contributed by atoms with E-state index in [0.29, 0.717) is 13.1 Å². The van der Waals surface area contributed by atoms with Gasteiger partial charge in [-0.2, -0.15) is 0 Å². The predicted molar refractivity (Wildman–Crippen MR) is 81.4 cm³/mol. The maximum absolute atomic E-state index is 12.8. The summed E-state index contributed by atoms with van der Waals surface area (Å²) in [5, 5.41) is 13.3. The Morgan fingerprint density at radius 1 is 1.20 bits per heavy atom. The van der Waals surface area contributed by atoms with E-state index in [1.54, 1.807) is 12.1 Å². The Hall–Kier alpha value is -0.970. The van der Waals surface area contributed by atoms with Crippen molar-refractivity contribution in [1.82, 2.24) is 10.2 Å². The monoisotopic (exact) mass is 282 g/mol. The van der Waals surface area contributed by atoms with Gasteiger partial charge in [-0.25, -0.2) is 4.39 Å². The Labute approximate surface area is 121 Å². The highest BCUT2D eigenvalue weighted by Gasteiger charge is 2.10. The zero-order valence-corrected chi connectivity index (χ0v) is 12.8. The number of likely N-dealkylation sites (N-methyl/N-ethyl adjacent to an activating group) is 1. The predicted octanol–water partition coefficient (Wildman–Crippen LogP) is 2.05. The highest BCUT2D eigenvalue weighted by Crippen LogP contribution is 2.05. The van der Waals surface area contributed by atoms with E-state index in [1.165, 1.54) is 12.1 Å². The number of aliphatic hydroxyl groups is 1. The van der Waals surface area contributed by atoms with E-state index < -0.39 is 0 Å².